The highest BCUT2D eigenvalue weighted by molar-refractivity contribution is 7.99. The Bertz CT molecular complexity index is 425. The first kappa shape index (κ1) is 15.3. The number of nitrogens with zero attached hydrogens (tertiary/aromatic N) is 1. The molecular formula is C14H24N2OS2. The molecular weight excluding hydrogens is 276 g/mol. The van der Waals surface area contributed by atoms with E-state index in [0.29, 0.717) is 12.5 Å². The van der Waals surface area contributed by atoms with Crippen molar-refractivity contribution in [2.75, 3.05) is 18.1 Å². The third-order valence-corrected chi connectivity index (χ3v) is 6.43. The standard InChI is InChI=1S/C14H24N2OS2/c1-9(2)13-16-11(4)12(19-13)10(3)15-7-14(17)5-6-18-8-14/h9-10,15,17H,5-8H2,1-4H3/t10-,14-/m1/s1. The highest BCUT2D eigenvalue weighted by Gasteiger charge is 2.32. The fourth-order valence-electron chi connectivity index (χ4n) is 2.25. The monoisotopic (exact) mass is 300 g/mol. The maximum atomic E-state index is 10.4. The van der Waals surface area contributed by atoms with Crippen LogP contribution in [0.5, 0.6) is 0 Å². The molecule has 0 saturated carbocycles. The Kier molecular flexibility index (Phi) is 4.93. The molecule has 0 bridgehead atoms. The van der Waals surface area contributed by atoms with Crippen molar-refractivity contribution in [3.63, 3.8) is 0 Å². The average molecular weight is 300 g/mol. The Balaban J connectivity index is 1.97. The summed E-state index contributed by atoms with van der Waals surface area (Å²) < 4.78 is 0. The quantitative estimate of drug-likeness (QED) is 0.877. The predicted octanol–water partition coefficient (Wildman–Crippen LogP) is 3.09. The Labute approximate surface area is 124 Å². The van der Waals surface area contributed by atoms with E-state index in [-0.39, 0.29) is 6.04 Å². The van der Waals surface area contributed by atoms with Crippen molar-refractivity contribution in [3.8, 4) is 0 Å². The summed E-state index contributed by atoms with van der Waals surface area (Å²) >= 11 is 3.64. The van der Waals surface area contributed by atoms with Crippen LogP contribution in [0.25, 0.3) is 0 Å². The molecule has 0 radical (unpaired) electrons. The summed E-state index contributed by atoms with van der Waals surface area (Å²) in [4.78, 5) is 5.94. The van der Waals surface area contributed by atoms with Crippen LogP contribution in [0.15, 0.2) is 0 Å². The van der Waals surface area contributed by atoms with Gasteiger partial charge in [-0.2, -0.15) is 11.8 Å². The molecule has 2 N–H and O–H groups in total. The van der Waals surface area contributed by atoms with Gasteiger partial charge in [0.05, 0.1) is 16.3 Å². The fraction of sp³-hybridized carbons (Fsp3) is 0.786. The summed E-state index contributed by atoms with van der Waals surface area (Å²) in [6.45, 7) is 9.28. The first-order valence-corrected chi connectivity index (χ1v) is 8.89. The van der Waals surface area contributed by atoms with Crippen molar-refractivity contribution in [2.45, 2.75) is 51.7 Å². The van der Waals surface area contributed by atoms with Gasteiger partial charge < -0.3 is 10.4 Å². The van der Waals surface area contributed by atoms with Gasteiger partial charge in [0, 0.05) is 29.1 Å². The zero-order valence-corrected chi connectivity index (χ0v) is 13.8. The van der Waals surface area contributed by atoms with Gasteiger partial charge in [-0.25, -0.2) is 4.98 Å². The van der Waals surface area contributed by atoms with Crippen LogP contribution in [0.4, 0.5) is 0 Å². The van der Waals surface area contributed by atoms with Crippen LogP contribution in [-0.4, -0.2) is 33.7 Å². The topological polar surface area (TPSA) is 45.2 Å². The highest BCUT2D eigenvalue weighted by atomic mass is 32.2. The zero-order valence-electron chi connectivity index (χ0n) is 12.2. The van der Waals surface area contributed by atoms with Crippen LogP contribution >= 0.6 is 23.1 Å². The summed E-state index contributed by atoms with van der Waals surface area (Å²) in [7, 11) is 0. The van der Waals surface area contributed by atoms with E-state index < -0.39 is 5.60 Å². The Morgan fingerprint density at radius 3 is 2.68 bits per heavy atom. The second-order valence-electron chi connectivity index (χ2n) is 5.79. The van der Waals surface area contributed by atoms with Gasteiger partial charge in [-0.05, 0) is 26.0 Å². The minimum Gasteiger partial charge on any atom is -0.388 e. The van der Waals surface area contributed by atoms with E-state index in [2.05, 4.69) is 38.0 Å². The van der Waals surface area contributed by atoms with E-state index in [1.165, 1.54) is 9.88 Å². The number of aromatic nitrogens is 1. The van der Waals surface area contributed by atoms with Gasteiger partial charge >= 0.3 is 0 Å². The molecule has 2 atom stereocenters. The maximum absolute atomic E-state index is 10.4. The van der Waals surface area contributed by atoms with Gasteiger partial charge in [0.2, 0.25) is 0 Å². The molecule has 1 saturated heterocycles. The zero-order chi connectivity index (χ0) is 14.0. The lowest BCUT2D eigenvalue weighted by atomic mass is 10.0. The third kappa shape index (κ3) is 3.72. The SMILES string of the molecule is Cc1nc(C(C)C)sc1[C@@H](C)NC[C@]1(O)CCSC1. The second-order valence-corrected chi connectivity index (χ2v) is 7.95. The lowest BCUT2D eigenvalue weighted by Gasteiger charge is -2.24. The van der Waals surface area contributed by atoms with Gasteiger partial charge in [-0.1, -0.05) is 13.8 Å². The Hall–Kier alpha value is -0.100. The van der Waals surface area contributed by atoms with Crippen LogP contribution in [0.2, 0.25) is 0 Å². The molecule has 1 fully saturated rings. The normalized spacial score (nSPS) is 25.2. The van der Waals surface area contributed by atoms with E-state index in [4.69, 9.17) is 0 Å². The number of nitrogens with one attached hydrogen (secondary N) is 1. The molecule has 1 aliphatic rings. The van der Waals surface area contributed by atoms with Gasteiger partial charge in [0.1, 0.15) is 0 Å². The number of aliphatic hydroxyl groups is 1. The molecule has 1 aliphatic heterocycles. The summed E-state index contributed by atoms with van der Waals surface area (Å²) in [5.74, 6) is 2.41. The predicted molar refractivity (Wildman–Crippen MR) is 84.2 cm³/mol. The Morgan fingerprint density at radius 2 is 2.16 bits per heavy atom. The first-order valence-electron chi connectivity index (χ1n) is 6.92. The van der Waals surface area contributed by atoms with Crippen LogP contribution < -0.4 is 5.32 Å². The minimum absolute atomic E-state index is 0.264. The fourth-order valence-corrected chi connectivity index (χ4v) is 4.64. The number of thioether (sulfide) groups is 1. The summed E-state index contributed by atoms with van der Waals surface area (Å²) in [5.41, 5.74) is 0.611. The molecule has 0 unspecified atom stereocenters. The van der Waals surface area contributed by atoms with Crippen molar-refractivity contribution >= 4 is 23.1 Å². The molecule has 2 rings (SSSR count). The molecule has 0 spiro atoms. The first-order chi connectivity index (χ1) is 8.91. The molecule has 5 heteroatoms. The number of thiazole rings is 1. The maximum Gasteiger partial charge on any atom is 0.0956 e. The minimum atomic E-state index is -0.515. The lowest BCUT2D eigenvalue weighted by Crippen LogP contribution is -2.41. The van der Waals surface area contributed by atoms with Gasteiger partial charge in [-0.3, -0.25) is 0 Å². The number of hydrogen-bond donors (Lipinski definition) is 2. The average Bonchev–Trinajstić information content (AvgIpc) is 2.93. The summed E-state index contributed by atoms with van der Waals surface area (Å²) in [6, 6.07) is 0.264. The van der Waals surface area contributed by atoms with E-state index in [1.807, 2.05) is 11.8 Å². The molecule has 3 nitrogen and oxygen atoms in total. The van der Waals surface area contributed by atoms with Crippen molar-refractivity contribution < 1.29 is 5.11 Å². The highest BCUT2D eigenvalue weighted by Crippen LogP contribution is 2.31. The molecule has 0 aromatic carbocycles. The van der Waals surface area contributed by atoms with Crippen LogP contribution in [0.3, 0.4) is 0 Å². The van der Waals surface area contributed by atoms with Gasteiger partial charge in [-0.15, -0.1) is 11.3 Å². The van der Waals surface area contributed by atoms with Crippen LogP contribution in [0, 0.1) is 6.92 Å². The van der Waals surface area contributed by atoms with E-state index >= 15 is 0 Å². The smallest absolute Gasteiger partial charge is 0.0956 e. The number of hydrogen-bond acceptors (Lipinski definition) is 5. The van der Waals surface area contributed by atoms with Crippen molar-refractivity contribution in [1.29, 1.82) is 0 Å². The Morgan fingerprint density at radius 1 is 1.42 bits per heavy atom. The number of rotatable bonds is 5. The summed E-state index contributed by atoms with van der Waals surface area (Å²) in [6.07, 6.45) is 0.899. The number of aryl methyl sites for hydroxylation is 1. The molecule has 1 aromatic heterocycles. The van der Waals surface area contributed by atoms with E-state index in [0.717, 1.165) is 23.6 Å². The van der Waals surface area contributed by atoms with Crippen molar-refractivity contribution in [1.82, 2.24) is 10.3 Å². The molecule has 0 aliphatic carbocycles. The molecule has 19 heavy (non-hydrogen) atoms. The molecule has 0 amide bonds. The van der Waals surface area contributed by atoms with Gasteiger partial charge in [0.15, 0.2) is 0 Å². The van der Waals surface area contributed by atoms with Crippen molar-refractivity contribution in [2.24, 2.45) is 0 Å². The molecule has 108 valence electrons. The molecule has 1 aromatic rings. The van der Waals surface area contributed by atoms with E-state index in [1.54, 1.807) is 11.3 Å². The van der Waals surface area contributed by atoms with Gasteiger partial charge in [0.25, 0.3) is 0 Å². The largest absolute Gasteiger partial charge is 0.388 e. The molecule has 2 heterocycles. The third-order valence-electron chi connectivity index (χ3n) is 3.56. The lowest BCUT2D eigenvalue weighted by molar-refractivity contribution is 0.0652. The van der Waals surface area contributed by atoms with Crippen LogP contribution in [0.1, 0.15) is 54.7 Å². The summed E-state index contributed by atoms with van der Waals surface area (Å²) in [5, 5.41) is 15.0. The van der Waals surface area contributed by atoms with Crippen molar-refractivity contribution in [3.05, 3.63) is 15.6 Å². The second kappa shape index (κ2) is 6.12. The van der Waals surface area contributed by atoms with E-state index in [9.17, 15) is 5.11 Å². The van der Waals surface area contributed by atoms with Crippen LogP contribution in [-0.2, 0) is 0 Å².